The Balaban J connectivity index is 1.27. The van der Waals surface area contributed by atoms with Gasteiger partial charge < -0.3 is 19.5 Å². The highest BCUT2D eigenvalue weighted by Crippen LogP contribution is 2.36. The predicted octanol–water partition coefficient (Wildman–Crippen LogP) is 3.21. The summed E-state index contributed by atoms with van der Waals surface area (Å²) in [7, 11) is 0. The van der Waals surface area contributed by atoms with Crippen LogP contribution in [-0.2, 0) is 16.0 Å². The quantitative estimate of drug-likeness (QED) is 0.612. The lowest BCUT2D eigenvalue weighted by Crippen LogP contribution is -2.38. The number of rotatable bonds is 8. The molecular formula is C23H22N2O6S. The summed E-state index contributed by atoms with van der Waals surface area (Å²) in [5.41, 5.74) is 1.86. The standard InChI is InChI=1S/C23H22N2O6S/c1-2-15-4-3-5-17(10-15)29-13-21(26)24-8-9-25-22(27)20(32-23(25)28)12-16-6-7-18-19(11-16)31-14-30-18/h3-7,10-12H,2,8-9,13-14H2,1H3,(H,24,26). The van der Waals surface area contributed by atoms with E-state index in [1.54, 1.807) is 30.3 Å². The first kappa shape index (κ1) is 21.8. The molecule has 1 saturated heterocycles. The number of fused-ring (bicyclic) bond motifs is 1. The molecule has 2 aliphatic heterocycles. The molecule has 2 heterocycles. The zero-order chi connectivity index (χ0) is 22.5. The summed E-state index contributed by atoms with van der Waals surface area (Å²) in [4.78, 5) is 38.4. The zero-order valence-electron chi connectivity index (χ0n) is 17.5. The summed E-state index contributed by atoms with van der Waals surface area (Å²) < 4.78 is 16.1. The van der Waals surface area contributed by atoms with Crippen LogP contribution in [0.1, 0.15) is 18.1 Å². The average molecular weight is 455 g/mol. The number of hydrogen-bond acceptors (Lipinski definition) is 7. The Hall–Kier alpha value is -3.46. The van der Waals surface area contributed by atoms with E-state index in [0.717, 1.165) is 34.2 Å². The maximum absolute atomic E-state index is 12.6. The monoisotopic (exact) mass is 454 g/mol. The highest BCUT2D eigenvalue weighted by molar-refractivity contribution is 8.18. The van der Waals surface area contributed by atoms with Gasteiger partial charge >= 0.3 is 0 Å². The van der Waals surface area contributed by atoms with Crippen LogP contribution in [0.2, 0.25) is 0 Å². The number of imide groups is 1. The third-order valence-electron chi connectivity index (χ3n) is 4.90. The lowest BCUT2D eigenvalue weighted by Gasteiger charge is -2.13. The predicted molar refractivity (Wildman–Crippen MR) is 120 cm³/mol. The van der Waals surface area contributed by atoms with Crippen LogP contribution >= 0.6 is 11.8 Å². The summed E-state index contributed by atoms with van der Waals surface area (Å²) in [5.74, 6) is 1.16. The Morgan fingerprint density at radius 1 is 1.19 bits per heavy atom. The van der Waals surface area contributed by atoms with E-state index >= 15 is 0 Å². The highest BCUT2D eigenvalue weighted by atomic mass is 32.2. The molecule has 4 rings (SSSR count). The van der Waals surface area contributed by atoms with Crippen molar-refractivity contribution in [3.05, 3.63) is 58.5 Å². The van der Waals surface area contributed by atoms with Gasteiger partial charge in [-0.05, 0) is 59.7 Å². The lowest BCUT2D eigenvalue weighted by molar-refractivity contribution is -0.125. The van der Waals surface area contributed by atoms with Crippen molar-refractivity contribution in [2.75, 3.05) is 26.5 Å². The molecule has 0 bridgehead atoms. The molecule has 2 aromatic carbocycles. The second-order valence-electron chi connectivity index (χ2n) is 7.09. The molecule has 0 atom stereocenters. The van der Waals surface area contributed by atoms with Crippen LogP contribution in [0.25, 0.3) is 6.08 Å². The Labute approximate surface area is 189 Å². The number of nitrogens with zero attached hydrogens (tertiary/aromatic N) is 1. The first-order chi connectivity index (χ1) is 15.5. The molecule has 0 saturated carbocycles. The van der Waals surface area contributed by atoms with E-state index in [1.165, 1.54) is 0 Å². The van der Waals surface area contributed by atoms with Crippen molar-refractivity contribution in [3.63, 3.8) is 0 Å². The molecule has 0 unspecified atom stereocenters. The van der Waals surface area contributed by atoms with Crippen molar-refractivity contribution in [1.82, 2.24) is 10.2 Å². The Morgan fingerprint density at radius 3 is 2.88 bits per heavy atom. The van der Waals surface area contributed by atoms with Crippen LogP contribution in [0.3, 0.4) is 0 Å². The number of carbonyl (C=O) groups is 3. The van der Waals surface area contributed by atoms with Crippen molar-refractivity contribution < 1.29 is 28.6 Å². The fourth-order valence-electron chi connectivity index (χ4n) is 3.21. The number of benzene rings is 2. The van der Waals surface area contributed by atoms with Crippen LogP contribution < -0.4 is 19.5 Å². The maximum atomic E-state index is 12.6. The van der Waals surface area contributed by atoms with Gasteiger partial charge in [-0.2, -0.15) is 0 Å². The Kier molecular flexibility index (Phi) is 6.65. The fourth-order valence-corrected chi connectivity index (χ4v) is 4.07. The number of thioether (sulfide) groups is 1. The van der Waals surface area contributed by atoms with Gasteiger partial charge in [-0.3, -0.25) is 19.3 Å². The summed E-state index contributed by atoms with van der Waals surface area (Å²) in [6.45, 7) is 2.30. The van der Waals surface area contributed by atoms with Gasteiger partial charge in [0.2, 0.25) is 6.79 Å². The number of carbonyl (C=O) groups excluding carboxylic acids is 3. The zero-order valence-corrected chi connectivity index (χ0v) is 18.3. The molecule has 32 heavy (non-hydrogen) atoms. The molecule has 2 aliphatic rings. The molecule has 166 valence electrons. The van der Waals surface area contributed by atoms with Gasteiger partial charge in [0, 0.05) is 13.1 Å². The minimum Gasteiger partial charge on any atom is -0.484 e. The first-order valence-corrected chi connectivity index (χ1v) is 11.0. The molecule has 0 radical (unpaired) electrons. The minimum absolute atomic E-state index is 0.0835. The van der Waals surface area contributed by atoms with E-state index in [1.807, 2.05) is 25.1 Å². The molecule has 3 amide bonds. The third kappa shape index (κ3) is 5.05. The number of hydrogen-bond donors (Lipinski definition) is 1. The lowest BCUT2D eigenvalue weighted by atomic mass is 10.2. The van der Waals surface area contributed by atoms with E-state index in [4.69, 9.17) is 14.2 Å². The van der Waals surface area contributed by atoms with E-state index in [-0.39, 0.29) is 43.5 Å². The summed E-state index contributed by atoms with van der Waals surface area (Å²) in [6.07, 6.45) is 2.52. The van der Waals surface area contributed by atoms with Crippen molar-refractivity contribution in [2.24, 2.45) is 0 Å². The largest absolute Gasteiger partial charge is 0.484 e. The van der Waals surface area contributed by atoms with Gasteiger partial charge in [-0.25, -0.2) is 0 Å². The number of amides is 3. The van der Waals surface area contributed by atoms with Gasteiger partial charge in [0.05, 0.1) is 4.91 Å². The second-order valence-corrected chi connectivity index (χ2v) is 8.08. The van der Waals surface area contributed by atoms with Crippen molar-refractivity contribution in [2.45, 2.75) is 13.3 Å². The average Bonchev–Trinajstić information content (AvgIpc) is 3.37. The van der Waals surface area contributed by atoms with Gasteiger partial charge in [-0.15, -0.1) is 0 Å². The molecule has 0 aromatic heterocycles. The normalized spacial score (nSPS) is 16.0. The van der Waals surface area contributed by atoms with E-state index in [2.05, 4.69) is 5.32 Å². The van der Waals surface area contributed by atoms with Crippen LogP contribution in [0.5, 0.6) is 17.2 Å². The number of ether oxygens (including phenoxy) is 3. The maximum Gasteiger partial charge on any atom is 0.293 e. The number of aryl methyl sites for hydroxylation is 1. The SMILES string of the molecule is CCc1cccc(OCC(=O)NCCN2C(=O)SC(=Cc3ccc4c(c3)OCO4)C2=O)c1. The topological polar surface area (TPSA) is 94.2 Å². The Bertz CT molecular complexity index is 1080. The number of nitrogens with one attached hydrogen (secondary N) is 1. The van der Waals surface area contributed by atoms with E-state index < -0.39 is 0 Å². The highest BCUT2D eigenvalue weighted by Gasteiger charge is 2.34. The van der Waals surface area contributed by atoms with Gasteiger partial charge in [-0.1, -0.05) is 25.1 Å². The van der Waals surface area contributed by atoms with Crippen molar-refractivity contribution in [1.29, 1.82) is 0 Å². The van der Waals surface area contributed by atoms with Crippen LogP contribution in [0, 0.1) is 0 Å². The molecule has 9 heteroatoms. The van der Waals surface area contributed by atoms with E-state index in [0.29, 0.717) is 22.2 Å². The minimum atomic E-state index is -0.389. The molecule has 0 aliphatic carbocycles. The molecule has 0 spiro atoms. The summed E-state index contributed by atoms with van der Waals surface area (Å²) in [5, 5.41) is 2.30. The summed E-state index contributed by atoms with van der Waals surface area (Å²) >= 11 is 0.869. The van der Waals surface area contributed by atoms with Gasteiger partial charge in [0.15, 0.2) is 18.1 Å². The van der Waals surface area contributed by atoms with Gasteiger partial charge in [0.1, 0.15) is 5.75 Å². The van der Waals surface area contributed by atoms with E-state index in [9.17, 15) is 14.4 Å². The van der Waals surface area contributed by atoms with Crippen LogP contribution in [0.4, 0.5) is 4.79 Å². The third-order valence-corrected chi connectivity index (χ3v) is 5.81. The molecule has 2 aromatic rings. The van der Waals surface area contributed by atoms with Crippen LogP contribution in [-0.4, -0.2) is 48.4 Å². The smallest absolute Gasteiger partial charge is 0.293 e. The molecule has 1 fully saturated rings. The Morgan fingerprint density at radius 2 is 2.03 bits per heavy atom. The van der Waals surface area contributed by atoms with Crippen molar-refractivity contribution >= 4 is 34.9 Å². The second kappa shape index (κ2) is 9.78. The molecule has 1 N–H and O–H groups in total. The van der Waals surface area contributed by atoms with Crippen molar-refractivity contribution in [3.8, 4) is 17.2 Å². The first-order valence-electron chi connectivity index (χ1n) is 10.2. The summed E-state index contributed by atoms with van der Waals surface area (Å²) in [6, 6.07) is 12.9. The van der Waals surface area contributed by atoms with Gasteiger partial charge in [0.25, 0.3) is 17.1 Å². The molecular weight excluding hydrogens is 432 g/mol. The molecule has 8 nitrogen and oxygen atoms in total. The van der Waals surface area contributed by atoms with Crippen LogP contribution in [0.15, 0.2) is 47.4 Å². The fraction of sp³-hybridized carbons (Fsp3) is 0.261.